The van der Waals surface area contributed by atoms with E-state index in [-0.39, 0.29) is 5.78 Å². The molecule has 1 aromatic rings. The van der Waals surface area contributed by atoms with Crippen LogP contribution in [0.4, 0.5) is 0 Å². The van der Waals surface area contributed by atoms with Gasteiger partial charge in [-0.1, -0.05) is 11.6 Å². The smallest absolute Gasteiger partial charge is 0.129 e. The summed E-state index contributed by atoms with van der Waals surface area (Å²) in [6.45, 7) is 4.28. The number of carbonyl (C=O) groups is 1. The highest BCUT2D eigenvalue weighted by molar-refractivity contribution is 6.31. The van der Waals surface area contributed by atoms with Crippen molar-refractivity contribution >= 4 is 17.4 Å². The van der Waals surface area contributed by atoms with Crippen molar-refractivity contribution < 1.29 is 4.79 Å². The monoisotopic (exact) mass is 200 g/mol. The standard InChI is InChI=1S/C9H13ClN2O/c1-7(13)4-3-5-12-8(2)9(10)6-11-12/h6H,3-5H2,1-2H3. The molecule has 13 heavy (non-hydrogen) atoms. The molecule has 0 aliphatic heterocycles. The number of rotatable bonds is 4. The molecule has 4 heteroatoms. The van der Waals surface area contributed by atoms with Gasteiger partial charge in [-0.25, -0.2) is 0 Å². The molecule has 0 spiro atoms. The summed E-state index contributed by atoms with van der Waals surface area (Å²) in [5, 5.41) is 4.77. The molecule has 0 aliphatic rings. The zero-order valence-electron chi connectivity index (χ0n) is 7.88. The van der Waals surface area contributed by atoms with Crippen LogP contribution in [0, 0.1) is 6.92 Å². The van der Waals surface area contributed by atoms with E-state index >= 15 is 0 Å². The SMILES string of the molecule is CC(=O)CCCn1ncc(Cl)c1C. The van der Waals surface area contributed by atoms with Crippen molar-refractivity contribution in [3.05, 3.63) is 16.9 Å². The van der Waals surface area contributed by atoms with Gasteiger partial charge in [0.25, 0.3) is 0 Å². The first-order chi connectivity index (χ1) is 6.11. The van der Waals surface area contributed by atoms with Gasteiger partial charge < -0.3 is 4.79 Å². The normalized spacial score (nSPS) is 10.4. The van der Waals surface area contributed by atoms with Crippen molar-refractivity contribution in [3.8, 4) is 0 Å². The fourth-order valence-corrected chi connectivity index (χ4v) is 1.27. The van der Waals surface area contributed by atoms with Crippen molar-refractivity contribution in [1.29, 1.82) is 0 Å². The van der Waals surface area contributed by atoms with Gasteiger partial charge in [-0.05, 0) is 20.3 Å². The maximum atomic E-state index is 10.7. The molecule has 0 aliphatic carbocycles. The Balaban J connectivity index is 2.45. The van der Waals surface area contributed by atoms with Crippen LogP contribution in [0.5, 0.6) is 0 Å². The molecule has 0 unspecified atom stereocenters. The molecule has 0 amide bonds. The Labute approximate surface area is 82.7 Å². The van der Waals surface area contributed by atoms with Gasteiger partial charge in [-0.2, -0.15) is 5.10 Å². The number of halogens is 1. The molecule has 1 rings (SSSR count). The van der Waals surface area contributed by atoms with E-state index in [4.69, 9.17) is 11.6 Å². The first kappa shape index (κ1) is 10.3. The first-order valence-corrected chi connectivity index (χ1v) is 4.66. The molecule has 0 N–H and O–H groups in total. The largest absolute Gasteiger partial charge is 0.300 e. The maximum Gasteiger partial charge on any atom is 0.129 e. The minimum atomic E-state index is 0.218. The summed E-state index contributed by atoms with van der Waals surface area (Å²) < 4.78 is 1.82. The molecular weight excluding hydrogens is 188 g/mol. The van der Waals surface area contributed by atoms with Crippen LogP contribution in [0.2, 0.25) is 5.02 Å². The molecule has 0 bridgehead atoms. The van der Waals surface area contributed by atoms with E-state index in [0.29, 0.717) is 11.4 Å². The van der Waals surface area contributed by atoms with Crippen molar-refractivity contribution in [1.82, 2.24) is 9.78 Å². The average molecular weight is 201 g/mol. The molecule has 0 saturated heterocycles. The lowest BCUT2D eigenvalue weighted by atomic mass is 10.2. The van der Waals surface area contributed by atoms with Crippen LogP contribution in [0.1, 0.15) is 25.5 Å². The highest BCUT2D eigenvalue weighted by Crippen LogP contribution is 2.13. The Morgan fingerprint density at radius 2 is 2.38 bits per heavy atom. The lowest BCUT2D eigenvalue weighted by Gasteiger charge is -2.02. The van der Waals surface area contributed by atoms with Crippen LogP contribution in [0.3, 0.4) is 0 Å². The molecule has 72 valence electrons. The van der Waals surface area contributed by atoms with Gasteiger partial charge >= 0.3 is 0 Å². The highest BCUT2D eigenvalue weighted by atomic mass is 35.5. The lowest BCUT2D eigenvalue weighted by Crippen LogP contribution is -2.03. The predicted octanol–water partition coefficient (Wildman–Crippen LogP) is 2.21. The minimum Gasteiger partial charge on any atom is -0.300 e. The molecule has 1 heterocycles. The average Bonchev–Trinajstić information content (AvgIpc) is 2.35. The van der Waals surface area contributed by atoms with Crippen LogP contribution in [0.25, 0.3) is 0 Å². The Kier molecular flexibility index (Phi) is 3.48. The Bertz CT molecular complexity index is 307. The summed E-state index contributed by atoms with van der Waals surface area (Å²) in [4.78, 5) is 10.7. The molecule has 1 aromatic heterocycles. The summed E-state index contributed by atoms with van der Waals surface area (Å²) in [7, 11) is 0. The summed E-state index contributed by atoms with van der Waals surface area (Å²) in [5.41, 5.74) is 0.963. The van der Waals surface area contributed by atoms with E-state index in [1.165, 1.54) is 0 Å². The van der Waals surface area contributed by atoms with E-state index in [0.717, 1.165) is 18.7 Å². The van der Waals surface area contributed by atoms with Gasteiger partial charge in [0.05, 0.1) is 16.9 Å². The van der Waals surface area contributed by atoms with E-state index in [1.54, 1.807) is 13.1 Å². The van der Waals surface area contributed by atoms with Crippen molar-refractivity contribution in [2.24, 2.45) is 0 Å². The number of ketones is 1. The van der Waals surface area contributed by atoms with Gasteiger partial charge in [-0.3, -0.25) is 4.68 Å². The van der Waals surface area contributed by atoms with Crippen LogP contribution in [0.15, 0.2) is 6.20 Å². The molecular formula is C9H13ClN2O. The summed E-state index contributed by atoms with van der Waals surface area (Å²) in [5.74, 6) is 0.218. The fraction of sp³-hybridized carbons (Fsp3) is 0.556. The lowest BCUT2D eigenvalue weighted by molar-refractivity contribution is -0.117. The zero-order valence-corrected chi connectivity index (χ0v) is 8.64. The van der Waals surface area contributed by atoms with Crippen LogP contribution in [-0.4, -0.2) is 15.6 Å². The van der Waals surface area contributed by atoms with E-state index in [2.05, 4.69) is 5.10 Å². The van der Waals surface area contributed by atoms with Gasteiger partial charge in [0.15, 0.2) is 0 Å². The van der Waals surface area contributed by atoms with E-state index < -0.39 is 0 Å². The van der Waals surface area contributed by atoms with E-state index in [1.807, 2.05) is 11.6 Å². The third kappa shape index (κ3) is 2.84. The second-order valence-corrected chi connectivity index (χ2v) is 3.51. The van der Waals surface area contributed by atoms with Gasteiger partial charge in [0.2, 0.25) is 0 Å². The van der Waals surface area contributed by atoms with E-state index in [9.17, 15) is 4.79 Å². The maximum absolute atomic E-state index is 10.7. The number of nitrogens with zero attached hydrogens (tertiary/aromatic N) is 2. The Morgan fingerprint density at radius 3 is 2.85 bits per heavy atom. The summed E-state index contributed by atoms with van der Waals surface area (Å²) >= 11 is 5.82. The van der Waals surface area contributed by atoms with Gasteiger partial charge in [-0.15, -0.1) is 0 Å². The molecule has 0 radical (unpaired) electrons. The fourth-order valence-electron chi connectivity index (χ4n) is 1.13. The predicted molar refractivity (Wildman–Crippen MR) is 51.9 cm³/mol. The quantitative estimate of drug-likeness (QED) is 0.747. The van der Waals surface area contributed by atoms with Crippen LogP contribution >= 0.6 is 11.6 Å². The molecule has 3 nitrogen and oxygen atoms in total. The van der Waals surface area contributed by atoms with Crippen molar-refractivity contribution in [2.45, 2.75) is 33.2 Å². The molecule has 0 atom stereocenters. The number of hydrogen-bond acceptors (Lipinski definition) is 2. The molecule has 0 saturated carbocycles. The number of carbonyl (C=O) groups excluding carboxylic acids is 1. The van der Waals surface area contributed by atoms with Crippen LogP contribution < -0.4 is 0 Å². The van der Waals surface area contributed by atoms with Crippen molar-refractivity contribution in [2.75, 3.05) is 0 Å². The Hall–Kier alpha value is -0.830. The van der Waals surface area contributed by atoms with Gasteiger partial charge in [0.1, 0.15) is 5.78 Å². The summed E-state index contributed by atoms with van der Waals surface area (Å²) in [6, 6.07) is 0. The number of aromatic nitrogens is 2. The molecule has 0 aromatic carbocycles. The van der Waals surface area contributed by atoms with Crippen LogP contribution in [-0.2, 0) is 11.3 Å². The topological polar surface area (TPSA) is 34.9 Å². The third-order valence-corrected chi connectivity index (χ3v) is 2.31. The second-order valence-electron chi connectivity index (χ2n) is 3.11. The highest BCUT2D eigenvalue weighted by Gasteiger charge is 2.03. The number of hydrogen-bond donors (Lipinski definition) is 0. The number of aryl methyl sites for hydroxylation is 1. The Morgan fingerprint density at radius 1 is 1.69 bits per heavy atom. The van der Waals surface area contributed by atoms with Gasteiger partial charge in [0, 0.05) is 13.0 Å². The molecule has 0 fully saturated rings. The van der Waals surface area contributed by atoms with Crippen molar-refractivity contribution in [3.63, 3.8) is 0 Å². The third-order valence-electron chi connectivity index (χ3n) is 1.94. The first-order valence-electron chi connectivity index (χ1n) is 4.28. The second kappa shape index (κ2) is 4.42. The zero-order chi connectivity index (χ0) is 9.84. The minimum absolute atomic E-state index is 0.218. The number of Topliss-reactive ketones (excluding diaryl/α,β-unsaturated/α-hetero) is 1. The summed E-state index contributed by atoms with van der Waals surface area (Å²) in [6.07, 6.45) is 3.07.